The lowest BCUT2D eigenvalue weighted by atomic mass is 9.93. The molecule has 16 heavy (non-hydrogen) atoms. The minimum absolute atomic E-state index is 0.591. The first-order chi connectivity index (χ1) is 7.66. The van der Waals surface area contributed by atoms with Crippen molar-refractivity contribution in [3.63, 3.8) is 0 Å². The van der Waals surface area contributed by atoms with Gasteiger partial charge in [-0.25, -0.2) is 0 Å². The van der Waals surface area contributed by atoms with Crippen LogP contribution in [0.1, 0.15) is 75.3 Å². The fraction of sp³-hybridized carbons (Fsp3) is 0.786. The van der Waals surface area contributed by atoms with E-state index in [4.69, 9.17) is 4.52 Å². The monoisotopic (exact) mass is 223 g/mol. The smallest absolute Gasteiger partial charge is 0.137 e. The van der Waals surface area contributed by atoms with Crippen molar-refractivity contribution in [1.29, 1.82) is 0 Å². The van der Waals surface area contributed by atoms with Crippen molar-refractivity contribution >= 4 is 0 Å². The molecule has 2 heteroatoms. The normalized spacial score (nSPS) is 13.0. The van der Waals surface area contributed by atoms with Crippen LogP contribution < -0.4 is 0 Å². The zero-order valence-corrected chi connectivity index (χ0v) is 11.2. The third kappa shape index (κ3) is 3.66. The molecule has 0 aliphatic rings. The Labute approximate surface area is 99.4 Å². The Morgan fingerprint density at radius 1 is 1.12 bits per heavy atom. The van der Waals surface area contributed by atoms with Gasteiger partial charge in [0.2, 0.25) is 0 Å². The van der Waals surface area contributed by atoms with Gasteiger partial charge in [-0.05, 0) is 26.2 Å². The van der Waals surface area contributed by atoms with Crippen LogP contribution in [0.25, 0.3) is 0 Å². The SMILES string of the molecule is CCCCCCCC(C)c1c(C)noc1C. The van der Waals surface area contributed by atoms with Gasteiger partial charge in [-0.1, -0.05) is 51.1 Å². The quantitative estimate of drug-likeness (QED) is 0.623. The van der Waals surface area contributed by atoms with E-state index in [1.807, 2.05) is 13.8 Å². The van der Waals surface area contributed by atoms with Crippen molar-refractivity contribution in [2.75, 3.05) is 0 Å². The van der Waals surface area contributed by atoms with Crippen LogP contribution in [0.3, 0.4) is 0 Å². The Kier molecular flexibility index (Phi) is 5.58. The van der Waals surface area contributed by atoms with Crippen molar-refractivity contribution < 1.29 is 4.52 Å². The summed E-state index contributed by atoms with van der Waals surface area (Å²) in [5, 5.41) is 4.02. The van der Waals surface area contributed by atoms with Crippen LogP contribution in [0.15, 0.2) is 4.52 Å². The third-order valence-corrected chi connectivity index (χ3v) is 3.32. The standard InChI is InChI=1S/C14H25NO/c1-5-6-7-8-9-10-11(2)14-12(3)15-16-13(14)4/h11H,5-10H2,1-4H3. The first-order valence-corrected chi connectivity index (χ1v) is 6.59. The van der Waals surface area contributed by atoms with Gasteiger partial charge < -0.3 is 4.52 Å². The second-order valence-electron chi connectivity index (χ2n) is 4.84. The molecule has 2 nitrogen and oxygen atoms in total. The molecule has 0 fully saturated rings. The van der Waals surface area contributed by atoms with Gasteiger partial charge in [-0.3, -0.25) is 0 Å². The van der Waals surface area contributed by atoms with Crippen LogP contribution in [0.2, 0.25) is 0 Å². The summed E-state index contributed by atoms with van der Waals surface area (Å²) in [5.74, 6) is 1.59. The Balaban J connectivity index is 2.32. The molecule has 0 N–H and O–H groups in total. The Hall–Kier alpha value is -0.790. The maximum absolute atomic E-state index is 5.21. The molecule has 0 saturated carbocycles. The molecular weight excluding hydrogens is 198 g/mol. The molecule has 1 rings (SSSR count). The van der Waals surface area contributed by atoms with Crippen LogP contribution in [-0.4, -0.2) is 5.16 Å². The lowest BCUT2D eigenvalue weighted by molar-refractivity contribution is 0.391. The average Bonchev–Trinajstić information content (AvgIpc) is 2.58. The predicted octanol–water partition coefficient (Wildman–Crippen LogP) is 4.76. The van der Waals surface area contributed by atoms with Crippen molar-refractivity contribution in [2.24, 2.45) is 0 Å². The molecule has 1 atom stereocenters. The molecule has 1 aromatic heterocycles. The fourth-order valence-corrected chi connectivity index (χ4v) is 2.39. The van der Waals surface area contributed by atoms with E-state index < -0.39 is 0 Å². The Morgan fingerprint density at radius 3 is 2.38 bits per heavy atom. The van der Waals surface area contributed by atoms with Crippen LogP contribution in [0.4, 0.5) is 0 Å². The summed E-state index contributed by atoms with van der Waals surface area (Å²) >= 11 is 0. The van der Waals surface area contributed by atoms with Gasteiger partial charge in [0.15, 0.2) is 0 Å². The first-order valence-electron chi connectivity index (χ1n) is 6.59. The fourth-order valence-electron chi connectivity index (χ4n) is 2.39. The number of aryl methyl sites for hydroxylation is 2. The third-order valence-electron chi connectivity index (χ3n) is 3.32. The maximum Gasteiger partial charge on any atom is 0.137 e. The van der Waals surface area contributed by atoms with Crippen LogP contribution in [0.5, 0.6) is 0 Å². The summed E-state index contributed by atoms with van der Waals surface area (Å²) in [7, 11) is 0. The van der Waals surface area contributed by atoms with Gasteiger partial charge >= 0.3 is 0 Å². The Bertz CT molecular complexity index is 284. The van der Waals surface area contributed by atoms with Crippen molar-refractivity contribution in [3.05, 3.63) is 17.0 Å². The summed E-state index contributed by atoms with van der Waals surface area (Å²) in [6.45, 7) is 8.60. The zero-order valence-electron chi connectivity index (χ0n) is 11.2. The number of unbranched alkanes of at least 4 members (excludes halogenated alkanes) is 4. The van der Waals surface area contributed by atoms with Crippen LogP contribution in [-0.2, 0) is 0 Å². The molecule has 92 valence electrons. The summed E-state index contributed by atoms with van der Waals surface area (Å²) < 4.78 is 5.21. The van der Waals surface area contributed by atoms with Crippen molar-refractivity contribution in [3.8, 4) is 0 Å². The average molecular weight is 223 g/mol. The van der Waals surface area contributed by atoms with Crippen LogP contribution >= 0.6 is 0 Å². The number of rotatable bonds is 7. The maximum atomic E-state index is 5.21. The van der Waals surface area contributed by atoms with Gasteiger partial charge in [-0.15, -0.1) is 0 Å². The minimum atomic E-state index is 0.591. The molecule has 1 heterocycles. The molecule has 0 aliphatic carbocycles. The first kappa shape index (κ1) is 13.3. The highest BCUT2D eigenvalue weighted by Gasteiger charge is 2.15. The summed E-state index contributed by atoms with van der Waals surface area (Å²) in [6.07, 6.45) is 8.02. The second-order valence-corrected chi connectivity index (χ2v) is 4.84. The molecule has 0 aliphatic heterocycles. The predicted molar refractivity (Wildman–Crippen MR) is 67.8 cm³/mol. The topological polar surface area (TPSA) is 26.0 Å². The van der Waals surface area contributed by atoms with E-state index in [1.165, 1.54) is 44.1 Å². The molecular formula is C14H25NO. The molecule has 0 bridgehead atoms. The number of nitrogens with zero attached hydrogens (tertiary/aromatic N) is 1. The molecule has 0 saturated heterocycles. The summed E-state index contributed by atoms with van der Waals surface area (Å²) in [5.41, 5.74) is 2.40. The van der Waals surface area contributed by atoms with E-state index in [-0.39, 0.29) is 0 Å². The van der Waals surface area contributed by atoms with E-state index in [1.54, 1.807) is 0 Å². The second kappa shape index (κ2) is 6.72. The Morgan fingerprint density at radius 2 is 1.81 bits per heavy atom. The van der Waals surface area contributed by atoms with Crippen molar-refractivity contribution in [2.45, 2.75) is 72.1 Å². The molecule has 0 amide bonds. The largest absolute Gasteiger partial charge is 0.361 e. The highest BCUT2D eigenvalue weighted by molar-refractivity contribution is 5.24. The highest BCUT2D eigenvalue weighted by atomic mass is 16.5. The van der Waals surface area contributed by atoms with E-state index in [2.05, 4.69) is 19.0 Å². The van der Waals surface area contributed by atoms with Crippen molar-refractivity contribution in [1.82, 2.24) is 5.16 Å². The van der Waals surface area contributed by atoms with Gasteiger partial charge in [-0.2, -0.15) is 0 Å². The van der Waals surface area contributed by atoms with E-state index in [0.29, 0.717) is 5.92 Å². The zero-order chi connectivity index (χ0) is 12.0. The molecule has 0 aromatic carbocycles. The van der Waals surface area contributed by atoms with Crippen LogP contribution in [0, 0.1) is 13.8 Å². The lowest BCUT2D eigenvalue weighted by Gasteiger charge is -2.10. The highest BCUT2D eigenvalue weighted by Crippen LogP contribution is 2.27. The minimum Gasteiger partial charge on any atom is -0.361 e. The lowest BCUT2D eigenvalue weighted by Crippen LogP contribution is -1.96. The van der Waals surface area contributed by atoms with Gasteiger partial charge in [0.1, 0.15) is 5.76 Å². The van der Waals surface area contributed by atoms with E-state index in [0.717, 1.165) is 11.5 Å². The molecule has 1 unspecified atom stereocenters. The molecule has 0 radical (unpaired) electrons. The summed E-state index contributed by atoms with van der Waals surface area (Å²) in [4.78, 5) is 0. The van der Waals surface area contributed by atoms with Gasteiger partial charge in [0.05, 0.1) is 5.69 Å². The number of aromatic nitrogens is 1. The van der Waals surface area contributed by atoms with E-state index in [9.17, 15) is 0 Å². The number of hydrogen-bond acceptors (Lipinski definition) is 2. The number of hydrogen-bond donors (Lipinski definition) is 0. The van der Waals surface area contributed by atoms with Gasteiger partial charge in [0.25, 0.3) is 0 Å². The molecule has 1 aromatic rings. The van der Waals surface area contributed by atoms with E-state index >= 15 is 0 Å². The summed E-state index contributed by atoms with van der Waals surface area (Å²) in [6, 6.07) is 0. The molecule has 0 spiro atoms. The van der Waals surface area contributed by atoms with Gasteiger partial charge in [0, 0.05) is 5.56 Å².